The fourth-order valence-corrected chi connectivity index (χ4v) is 2.44. The Bertz CT molecular complexity index is 451. The van der Waals surface area contributed by atoms with E-state index in [4.69, 9.17) is 11.6 Å². The third-order valence-corrected chi connectivity index (χ3v) is 5.23. The first-order valence-corrected chi connectivity index (χ1v) is 7.33. The van der Waals surface area contributed by atoms with Crippen LogP contribution in [-0.2, 0) is 16.4 Å². The lowest BCUT2D eigenvalue weighted by Gasteiger charge is -2.08. The van der Waals surface area contributed by atoms with E-state index >= 15 is 0 Å². The van der Waals surface area contributed by atoms with Crippen LogP contribution in [0.5, 0.6) is 0 Å². The Morgan fingerprint density at radius 3 is 2.56 bits per heavy atom. The lowest BCUT2D eigenvalue weighted by atomic mass is 10.4. The molecule has 0 radical (unpaired) electrons. The second-order valence-electron chi connectivity index (χ2n) is 4.07. The maximum absolute atomic E-state index is 11.6. The van der Waals surface area contributed by atoms with Crippen molar-refractivity contribution >= 4 is 21.4 Å². The summed E-state index contributed by atoms with van der Waals surface area (Å²) < 4.78 is 24.8. The van der Waals surface area contributed by atoms with Crippen molar-refractivity contribution in [2.24, 2.45) is 0 Å². The molecule has 0 saturated heterocycles. The average Bonchev–Trinajstić information content (AvgIpc) is 2.49. The Balaban J connectivity index is 2.51. The first kappa shape index (κ1) is 13.5. The summed E-state index contributed by atoms with van der Waals surface area (Å²) in [6.45, 7) is 5.85. The van der Waals surface area contributed by atoms with Gasteiger partial charge in [0.1, 0.15) is 0 Å². The summed E-state index contributed by atoms with van der Waals surface area (Å²) in [5.74, 6) is 0.196. The van der Waals surface area contributed by atoms with E-state index in [2.05, 4.69) is 5.10 Å². The van der Waals surface area contributed by atoms with Crippen LogP contribution in [0.3, 0.4) is 0 Å². The largest absolute Gasteiger partial charge is 0.268 e. The first-order chi connectivity index (χ1) is 7.34. The molecule has 6 heteroatoms. The molecule has 0 aliphatic rings. The van der Waals surface area contributed by atoms with Gasteiger partial charge in [0.2, 0.25) is 0 Å². The maximum atomic E-state index is 11.6. The predicted molar refractivity (Wildman–Crippen MR) is 65.5 cm³/mol. The molecule has 0 bridgehead atoms. The van der Waals surface area contributed by atoms with Crippen LogP contribution in [0.4, 0.5) is 0 Å². The van der Waals surface area contributed by atoms with Gasteiger partial charge in [-0.1, -0.05) is 11.6 Å². The van der Waals surface area contributed by atoms with Crippen LogP contribution >= 0.6 is 11.6 Å². The van der Waals surface area contributed by atoms with E-state index in [-0.39, 0.29) is 11.0 Å². The maximum Gasteiger partial charge on any atom is 0.152 e. The highest BCUT2D eigenvalue weighted by atomic mass is 35.5. The van der Waals surface area contributed by atoms with Crippen molar-refractivity contribution in [3.63, 3.8) is 0 Å². The van der Waals surface area contributed by atoms with Gasteiger partial charge < -0.3 is 0 Å². The minimum absolute atomic E-state index is 0.196. The van der Waals surface area contributed by atoms with Crippen molar-refractivity contribution in [1.29, 1.82) is 0 Å². The van der Waals surface area contributed by atoms with E-state index in [9.17, 15) is 8.42 Å². The van der Waals surface area contributed by atoms with E-state index in [1.54, 1.807) is 24.7 Å². The molecule has 4 nitrogen and oxygen atoms in total. The zero-order chi connectivity index (χ0) is 12.3. The lowest BCUT2D eigenvalue weighted by molar-refractivity contribution is 0.561. The van der Waals surface area contributed by atoms with Crippen LogP contribution in [-0.4, -0.2) is 29.2 Å². The second kappa shape index (κ2) is 5.19. The molecule has 16 heavy (non-hydrogen) atoms. The molecule has 1 aromatic rings. The third kappa shape index (κ3) is 3.22. The fourth-order valence-electron chi connectivity index (χ4n) is 1.30. The van der Waals surface area contributed by atoms with Crippen LogP contribution in [0.1, 0.15) is 26.0 Å². The van der Waals surface area contributed by atoms with Gasteiger partial charge in [0, 0.05) is 6.54 Å². The van der Waals surface area contributed by atoms with Gasteiger partial charge in [-0.2, -0.15) is 5.10 Å². The molecule has 0 unspecified atom stereocenters. The highest BCUT2D eigenvalue weighted by Gasteiger charge is 2.15. The van der Waals surface area contributed by atoms with Gasteiger partial charge in [0.15, 0.2) is 9.84 Å². The molecule has 0 amide bonds. The van der Waals surface area contributed by atoms with Crippen molar-refractivity contribution in [2.45, 2.75) is 39.0 Å². The highest BCUT2D eigenvalue weighted by molar-refractivity contribution is 7.91. The van der Waals surface area contributed by atoms with E-state index in [1.807, 2.05) is 6.92 Å². The topological polar surface area (TPSA) is 52.0 Å². The van der Waals surface area contributed by atoms with Crippen LogP contribution in [0, 0.1) is 6.92 Å². The molecule has 1 heterocycles. The van der Waals surface area contributed by atoms with Crippen LogP contribution in [0.15, 0.2) is 6.20 Å². The summed E-state index contributed by atoms with van der Waals surface area (Å²) in [4.78, 5) is 0. The average molecular weight is 265 g/mol. The molecule has 0 N–H and O–H groups in total. The van der Waals surface area contributed by atoms with E-state index < -0.39 is 9.84 Å². The summed E-state index contributed by atoms with van der Waals surface area (Å²) in [6.07, 6.45) is 2.15. The molecule has 92 valence electrons. The number of aromatic nitrogens is 2. The number of nitrogens with zero attached hydrogens (tertiary/aromatic N) is 2. The van der Waals surface area contributed by atoms with E-state index in [0.29, 0.717) is 18.0 Å². The molecule has 0 aromatic carbocycles. The molecule has 1 aromatic heterocycles. The molecular weight excluding hydrogens is 248 g/mol. The summed E-state index contributed by atoms with van der Waals surface area (Å²) in [6, 6.07) is 0. The van der Waals surface area contributed by atoms with Gasteiger partial charge >= 0.3 is 0 Å². The van der Waals surface area contributed by atoms with Crippen LogP contribution in [0.25, 0.3) is 0 Å². The van der Waals surface area contributed by atoms with Gasteiger partial charge in [-0.3, -0.25) is 4.68 Å². The zero-order valence-electron chi connectivity index (χ0n) is 9.77. The standard InChI is InChI=1S/C10H17ClN2O2S/c1-8(2)16(14,15)6-4-5-13-9(3)10(11)7-12-13/h7-8H,4-6H2,1-3H3. The molecule has 0 saturated carbocycles. The smallest absolute Gasteiger partial charge is 0.152 e. The molecule has 0 spiro atoms. The summed E-state index contributed by atoms with van der Waals surface area (Å²) in [5, 5.41) is 4.38. The quantitative estimate of drug-likeness (QED) is 0.818. The van der Waals surface area contributed by atoms with Gasteiger partial charge in [0.25, 0.3) is 0 Å². The van der Waals surface area contributed by atoms with Crippen molar-refractivity contribution in [3.05, 3.63) is 16.9 Å². The van der Waals surface area contributed by atoms with Gasteiger partial charge in [0.05, 0.1) is 27.9 Å². The van der Waals surface area contributed by atoms with Crippen LogP contribution < -0.4 is 0 Å². The van der Waals surface area contributed by atoms with Crippen molar-refractivity contribution in [1.82, 2.24) is 9.78 Å². The van der Waals surface area contributed by atoms with E-state index in [0.717, 1.165) is 5.69 Å². The molecule has 0 fully saturated rings. The normalized spacial score (nSPS) is 12.3. The fraction of sp³-hybridized carbons (Fsp3) is 0.700. The summed E-state index contributed by atoms with van der Waals surface area (Å²) >= 11 is 5.85. The van der Waals surface area contributed by atoms with Gasteiger partial charge in [-0.15, -0.1) is 0 Å². The van der Waals surface area contributed by atoms with Crippen LogP contribution in [0.2, 0.25) is 5.02 Å². The monoisotopic (exact) mass is 264 g/mol. The Labute approximate surface area is 102 Å². The number of aryl methyl sites for hydroxylation is 1. The Hall–Kier alpha value is -0.550. The van der Waals surface area contributed by atoms with Crippen molar-refractivity contribution in [2.75, 3.05) is 5.75 Å². The molecule has 0 atom stereocenters. The molecule has 0 aliphatic heterocycles. The number of halogens is 1. The number of hydrogen-bond donors (Lipinski definition) is 0. The summed E-state index contributed by atoms with van der Waals surface area (Å²) in [7, 11) is -2.95. The summed E-state index contributed by atoms with van der Waals surface area (Å²) in [5.41, 5.74) is 0.878. The minimum atomic E-state index is -2.95. The Kier molecular flexibility index (Phi) is 4.38. The predicted octanol–water partition coefficient (Wildman–Crippen LogP) is 2.06. The highest BCUT2D eigenvalue weighted by Crippen LogP contribution is 2.13. The Morgan fingerprint density at radius 2 is 2.12 bits per heavy atom. The first-order valence-electron chi connectivity index (χ1n) is 5.24. The number of sulfone groups is 1. The number of hydrogen-bond acceptors (Lipinski definition) is 3. The molecule has 1 rings (SSSR count). The Morgan fingerprint density at radius 1 is 1.50 bits per heavy atom. The second-order valence-corrected chi connectivity index (χ2v) is 7.15. The molecular formula is C10H17ClN2O2S. The lowest BCUT2D eigenvalue weighted by Crippen LogP contribution is -2.19. The van der Waals surface area contributed by atoms with Crippen molar-refractivity contribution in [3.8, 4) is 0 Å². The number of rotatable bonds is 5. The molecule has 0 aliphatic carbocycles. The third-order valence-electron chi connectivity index (χ3n) is 2.56. The van der Waals surface area contributed by atoms with Gasteiger partial charge in [-0.25, -0.2) is 8.42 Å². The SMILES string of the molecule is Cc1c(Cl)cnn1CCCS(=O)(=O)C(C)C. The van der Waals surface area contributed by atoms with E-state index in [1.165, 1.54) is 0 Å². The van der Waals surface area contributed by atoms with Crippen molar-refractivity contribution < 1.29 is 8.42 Å². The minimum Gasteiger partial charge on any atom is -0.268 e. The van der Waals surface area contributed by atoms with Gasteiger partial charge in [-0.05, 0) is 27.2 Å². The zero-order valence-corrected chi connectivity index (χ0v) is 11.3.